The third-order valence-electron chi connectivity index (χ3n) is 4.59. The maximum atomic E-state index is 13.8. The van der Waals surface area contributed by atoms with Gasteiger partial charge in [0.1, 0.15) is 5.82 Å². The fourth-order valence-electron chi connectivity index (χ4n) is 3.39. The molecule has 1 unspecified atom stereocenters. The van der Waals surface area contributed by atoms with Crippen LogP contribution in [-0.4, -0.2) is 32.2 Å². The summed E-state index contributed by atoms with van der Waals surface area (Å²) in [6.07, 6.45) is 4.35. The molecule has 1 saturated carbocycles. The predicted octanol–water partition coefficient (Wildman–Crippen LogP) is 2.18. The van der Waals surface area contributed by atoms with E-state index in [1.165, 1.54) is 17.0 Å². The van der Waals surface area contributed by atoms with Crippen molar-refractivity contribution in [1.82, 2.24) is 4.72 Å². The summed E-state index contributed by atoms with van der Waals surface area (Å²) in [5.74, 6) is -0.733. The summed E-state index contributed by atoms with van der Waals surface area (Å²) in [6.45, 7) is 0.172. The number of amides is 1. The number of nitrogens with zero attached hydrogens (tertiary/aromatic N) is 1. The summed E-state index contributed by atoms with van der Waals surface area (Å²) < 4.78 is 41.4. The molecular formula is C16H21FN2O3S. The Morgan fingerprint density at radius 1 is 1.13 bits per heavy atom. The van der Waals surface area contributed by atoms with Crippen molar-refractivity contribution in [2.24, 2.45) is 0 Å². The van der Waals surface area contributed by atoms with Crippen LogP contribution >= 0.6 is 0 Å². The first kappa shape index (κ1) is 16.4. The lowest BCUT2D eigenvalue weighted by Crippen LogP contribution is -2.43. The van der Waals surface area contributed by atoms with Gasteiger partial charge in [0.25, 0.3) is 0 Å². The third kappa shape index (κ3) is 3.55. The lowest BCUT2D eigenvalue weighted by molar-refractivity contribution is -0.117. The molecule has 1 N–H and O–H groups in total. The van der Waals surface area contributed by atoms with Crippen molar-refractivity contribution in [2.75, 3.05) is 11.4 Å². The van der Waals surface area contributed by atoms with Gasteiger partial charge in [-0.3, -0.25) is 4.79 Å². The number of anilines is 1. The fraction of sp³-hybridized carbons (Fsp3) is 0.562. The average molecular weight is 340 g/mol. The molecule has 1 aliphatic heterocycles. The van der Waals surface area contributed by atoms with E-state index in [9.17, 15) is 17.6 Å². The number of benzene rings is 1. The number of sulfonamides is 1. The highest BCUT2D eigenvalue weighted by Gasteiger charge is 2.36. The molecule has 1 heterocycles. The summed E-state index contributed by atoms with van der Waals surface area (Å²) in [4.78, 5) is 13.4. The molecule has 1 saturated heterocycles. The van der Waals surface area contributed by atoms with E-state index in [2.05, 4.69) is 4.72 Å². The van der Waals surface area contributed by atoms with Gasteiger partial charge in [0, 0.05) is 19.0 Å². The van der Waals surface area contributed by atoms with Crippen LogP contribution in [0.5, 0.6) is 0 Å². The average Bonchev–Trinajstić information content (AvgIpc) is 2.88. The van der Waals surface area contributed by atoms with Crippen LogP contribution < -0.4 is 9.62 Å². The largest absolute Gasteiger partial charge is 0.308 e. The Morgan fingerprint density at radius 3 is 2.52 bits per heavy atom. The van der Waals surface area contributed by atoms with Gasteiger partial charge in [-0.1, -0.05) is 31.4 Å². The van der Waals surface area contributed by atoms with Gasteiger partial charge in [-0.15, -0.1) is 0 Å². The van der Waals surface area contributed by atoms with Crippen LogP contribution in [0.2, 0.25) is 0 Å². The topological polar surface area (TPSA) is 66.5 Å². The molecule has 0 aromatic heterocycles. The second-order valence-electron chi connectivity index (χ2n) is 6.28. The standard InChI is InChI=1S/C16H21FN2O3S/c17-14-8-4-5-9-15(14)19-11-12(10-16(19)20)18-23(21,22)13-6-2-1-3-7-13/h4-5,8-9,12-13,18H,1-3,6-7,10-11H2. The van der Waals surface area contributed by atoms with Crippen LogP contribution in [0.25, 0.3) is 0 Å². The van der Waals surface area contributed by atoms with Gasteiger partial charge in [-0.25, -0.2) is 17.5 Å². The minimum atomic E-state index is -3.43. The van der Waals surface area contributed by atoms with Gasteiger partial charge < -0.3 is 4.90 Å². The van der Waals surface area contributed by atoms with E-state index in [0.717, 1.165) is 19.3 Å². The molecule has 1 amide bonds. The Labute approximate surface area is 135 Å². The first-order chi connectivity index (χ1) is 11.0. The highest BCUT2D eigenvalue weighted by atomic mass is 32.2. The minimum absolute atomic E-state index is 0.0697. The van der Waals surface area contributed by atoms with Crippen LogP contribution in [0, 0.1) is 5.82 Å². The van der Waals surface area contributed by atoms with Crippen LogP contribution in [0.1, 0.15) is 38.5 Å². The first-order valence-corrected chi connectivity index (χ1v) is 9.58. The van der Waals surface area contributed by atoms with Crippen molar-refractivity contribution in [1.29, 1.82) is 0 Å². The van der Waals surface area contributed by atoms with Crippen LogP contribution in [0.15, 0.2) is 24.3 Å². The number of nitrogens with one attached hydrogen (secondary N) is 1. The Balaban J connectivity index is 1.69. The Morgan fingerprint density at radius 2 is 1.83 bits per heavy atom. The first-order valence-electron chi connectivity index (χ1n) is 8.03. The van der Waals surface area contributed by atoms with Gasteiger partial charge in [0.15, 0.2) is 0 Å². The lowest BCUT2D eigenvalue weighted by atomic mass is 10.0. The second kappa shape index (κ2) is 6.57. The molecule has 126 valence electrons. The number of carbonyl (C=O) groups excluding carboxylic acids is 1. The SMILES string of the molecule is O=C1CC(NS(=O)(=O)C2CCCCC2)CN1c1ccccc1F. The van der Waals surface area contributed by atoms with E-state index in [1.54, 1.807) is 12.1 Å². The third-order valence-corrected chi connectivity index (χ3v) is 6.60. The van der Waals surface area contributed by atoms with Crippen molar-refractivity contribution in [3.63, 3.8) is 0 Å². The zero-order valence-corrected chi connectivity index (χ0v) is 13.7. The maximum Gasteiger partial charge on any atom is 0.228 e. The molecule has 1 aromatic carbocycles. The molecule has 0 bridgehead atoms. The molecule has 2 fully saturated rings. The maximum absolute atomic E-state index is 13.8. The number of hydrogen-bond donors (Lipinski definition) is 1. The van der Waals surface area contributed by atoms with E-state index >= 15 is 0 Å². The molecule has 1 atom stereocenters. The number of carbonyl (C=O) groups is 1. The van der Waals surface area contributed by atoms with E-state index in [-0.39, 0.29) is 29.8 Å². The summed E-state index contributed by atoms with van der Waals surface area (Å²) in [7, 11) is -3.43. The summed E-state index contributed by atoms with van der Waals surface area (Å²) in [5, 5.41) is -0.367. The van der Waals surface area contributed by atoms with Gasteiger partial charge >= 0.3 is 0 Å². The van der Waals surface area contributed by atoms with Gasteiger partial charge in [0.2, 0.25) is 15.9 Å². The van der Waals surface area contributed by atoms with Crippen LogP contribution in [0.4, 0.5) is 10.1 Å². The smallest absolute Gasteiger partial charge is 0.228 e. The van der Waals surface area contributed by atoms with E-state index < -0.39 is 21.9 Å². The molecule has 1 aliphatic carbocycles. The second-order valence-corrected chi connectivity index (χ2v) is 8.27. The summed E-state index contributed by atoms with van der Waals surface area (Å²) in [5.41, 5.74) is 0.205. The van der Waals surface area contributed by atoms with Crippen molar-refractivity contribution in [3.8, 4) is 0 Å². The highest BCUT2D eigenvalue weighted by molar-refractivity contribution is 7.90. The molecular weight excluding hydrogens is 319 g/mol. The van der Waals surface area contributed by atoms with Crippen molar-refractivity contribution in [2.45, 2.75) is 49.8 Å². The minimum Gasteiger partial charge on any atom is -0.308 e. The number of hydrogen-bond acceptors (Lipinski definition) is 3. The van der Waals surface area contributed by atoms with Crippen molar-refractivity contribution >= 4 is 21.6 Å². The number of rotatable bonds is 4. The Kier molecular flexibility index (Phi) is 4.68. The van der Waals surface area contributed by atoms with Crippen LogP contribution in [0.3, 0.4) is 0 Å². The van der Waals surface area contributed by atoms with Crippen molar-refractivity contribution < 1.29 is 17.6 Å². The number of para-hydroxylation sites is 1. The normalized spacial score (nSPS) is 23.4. The molecule has 2 aliphatic rings. The van der Waals surface area contributed by atoms with E-state index in [1.807, 2.05) is 0 Å². The molecule has 23 heavy (non-hydrogen) atoms. The highest BCUT2D eigenvalue weighted by Crippen LogP contribution is 2.27. The van der Waals surface area contributed by atoms with Crippen molar-refractivity contribution in [3.05, 3.63) is 30.1 Å². The quantitative estimate of drug-likeness (QED) is 0.914. The zero-order chi connectivity index (χ0) is 16.4. The van der Waals surface area contributed by atoms with Crippen LogP contribution in [-0.2, 0) is 14.8 Å². The zero-order valence-electron chi connectivity index (χ0n) is 12.9. The Bertz CT molecular complexity index is 686. The number of halogens is 1. The molecule has 0 radical (unpaired) electrons. The van der Waals surface area contributed by atoms with E-state index in [4.69, 9.17) is 0 Å². The molecule has 1 aromatic rings. The predicted molar refractivity (Wildman–Crippen MR) is 86.1 cm³/mol. The van der Waals surface area contributed by atoms with E-state index in [0.29, 0.717) is 12.8 Å². The summed E-state index contributed by atoms with van der Waals surface area (Å²) >= 11 is 0. The molecule has 5 nitrogen and oxygen atoms in total. The lowest BCUT2D eigenvalue weighted by Gasteiger charge is -2.24. The van der Waals surface area contributed by atoms with Gasteiger partial charge in [0.05, 0.1) is 10.9 Å². The molecule has 3 rings (SSSR count). The van der Waals surface area contributed by atoms with Gasteiger partial charge in [-0.05, 0) is 25.0 Å². The molecule has 0 spiro atoms. The monoisotopic (exact) mass is 340 g/mol. The Hall–Kier alpha value is -1.47. The fourth-order valence-corrected chi connectivity index (χ4v) is 5.16. The summed E-state index contributed by atoms with van der Waals surface area (Å²) in [6, 6.07) is 5.55. The molecule has 7 heteroatoms. The van der Waals surface area contributed by atoms with Gasteiger partial charge in [-0.2, -0.15) is 0 Å².